The minimum Gasteiger partial charge on any atom is -0.493 e. The average Bonchev–Trinajstić information content (AvgIpc) is 2.61. The third-order valence-electron chi connectivity index (χ3n) is 3.62. The van der Waals surface area contributed by atoms with Crippen molar-refractivity contribution in [1.29, 1.82) is 0 Å². The number of nitrogens with one attached hydrogen (secondary N) is 2. The number of hydrogen-bond acceptors (Lipinski definition) is 5. The normalized spacial score (nSPS) is 11.8. The molecule has 29 heavy (non-hydrogen) atoms. The van der Waals surface area contributed by atoms with E-state index in [4.69, 9.17) is 21.1 Å². The van der Waals surface area contributed by atoms with Gasteiger partial charge in [-0.3, -0.25) is 4.79 Å². The molecule has 0 heterocycles. The Kier molecular flexibility index (Phi) is 7.15. The number of sulfonamides is 1. The summed E-state index contributed by atoms with van der Waals surface area (Å²) in [6, 6.07) is 8.97. The summed E-state index contributed by atoms with van der Waals surface area (Å²) >= 11 is 6.21. The predicted octanol–water partition coefficient (Wildman–Crippen LogP) is 4.08. The van der Waals surface area contributed by atoms with Crippen LogP contribution >= 0.6 is 11.6 Å². The number of amides is 1. The van der Waals surface area contributed by atoms with Crippen LogP contribution in [0, 0.1) is 0 Å². The first-order chi connectivity index (χ1) is 13.5. The molecule has 7 nitrogen and oxygen atoms in total. The maximum Gasteiger partial charge on any atom is 0.255 e. The topological polar surface area (TPSA) is 93.7 Å². The van der Waals surface area contributed by atoms with Gasteiger partial charge in [-0.05, 0) is 58.0 Å². The molecule has 2 rings (SSSR count). The Morgan fingerprint density at radius 1 is 1.17 bits per heavy atom. The highest BCUT2D eigenvalue weighted by Gasteiger charge is 2.22. The van der Waals surface area contributed by atoms with E-state index in [1.807, 2.05) is 6.92 Å². The van der Waals surface area contributed by atoms with Crippen molar-refractivity contribution in [3.63, 3.8) is 0 Å². The Morgan fingerprint density at radius 2 is 1.86 bits per heavy atom. The number of benzene rings is 2. The van der Waals surface area contributed by atoms with Crippen LogP contribution in [0.25, 0.3) is 0 Å². The van der Waals surface area contributed by atoms with Gasteiger partial charge in [-0.2, -0.15) is 0 Å². The van der Waals surface area contributed by atoms with E-state index in [-0.39, 0.29) is 15.5 Å². The van der Waals surface area contributed by atoms with Gasteiger partial charge in [0.05, 0.1) is 23.6 Å². The summed E-state index contributed by atoms with van der Waals surface area (Å²) in [5.74, 6) is 0.219. The van der Waals surface area contributed by atoms with E-state index in [1.54, 1.807) is 32.9 Å². The van der Waals surface area contributed by atoms with Crippen molar-refractivity contribution in [3.8, 4) is 11.5 Å². The fourth-order valence-electron chi connectivity index (χ4n) is 2.54. The number of halogens is 1. The molecule has 1 amide bonds. The molecule has 9 heteroatoms. The summed E-state index contributed by atoms with van der Waals surface area (Å²) in [6.07, 6.45) is 0. The second kappa shape index (κ2) is 9.02. The van der Waals surface area contributed by atoms with Crippen molar-refractivity contribution >= 4 is 33.2 Å². The average molecular weight is 441 g/mol. The van der Waals surface area contributed by atoms with Gasteiger partial charge >= 0.3 is 0 Å². The van der Waals surface area contributed by atoms with Gasteiger partial charge in [-0.15, -0.1) is 0 Å². The number of carbonyl (C=O) groups is 1. The van der Waals surface area contributed by atoms with Gasteiger partial charge in [0, 0.05) is 16.8 Å². The highest BCUT2D eigenvalue weighted by atomic mass is 35.5. The van der Waals surface area contributed by atoms with Gasteiger partial charge in [-0.1, -0.05) is 17.7 Å². The van der Waals surface area contributed by atoms with Crippen LogP contribution in [0.1, 0.15) is 38.1 Å². The predicted molar refractivity (Wildman–Crippen MR) is 114 cm³/mol. The second-order valence-electron chi connectivity index (χ2n) is 7.26. The monoisotopic (exact) mass is 440 g/mol. The standard InChI is InChI=1S/C20H25ClN2O5S/c1-6-28-18-16(21)10-13(11-17(18)27-5)19(24)22-14-8-7-9-15(12-14)29(25,26)23-20(2,3)4/h7-12,23H,6H2,1-5H3,(H,22,24). The molecule has 2 aromatic carbocycles. The molecule has 0 aromatic heterocycles. The lowest BCUT2D eigenvalue weighted by atomic mass is 10.1. The quantitative estimate of drug-likeness (QED) is 0.676. The largest absolute Gasteiger partial charge is 0.493 e. The number of carbonyl (C=O) groups excluding carboxylic acids is 1. The summed E-state index contributed by atoms with van der Waals surface area (Å²) in [6.45, 7) is 7.45. The van der Waals surface area contributed by atoms with Crippen LogP contribution in [0.4, 0.5) is 5.69 Å². The van der Waals surface area contributed by atoms with Gasteiger partial charge in [0.1, 0.15) is 0 Å². The summed E-state index contributed by atoms with van der Waals surface area (Å²) in [7, 11) is -2.28. The molecule has 0 radical (unpaired) electrons. The third-order valence-corrected chi connectivity index (χ3v) is 5.66. The molecule has 0 bridgehead atoms. The van der Waals surface area contributed by atoms with Crippen LogP contribution in [-0.2, 0) is 10.0 Å². The third kappa shape index (κ3) is 6.09. The Morgan fingerprint density at radius 3 is 2.45 bits per heavy atom. The number of rotatable bonds is 7. The minimum absolute atomic E-state index is 0.0486. The van der Waals surface area contributed by atoms with Gasteiger partial charge < -0.3 is 14.8 Å². The van der Waals surface area contributed by atoms with Crippen LogP contribution < -0.4 is 19.5 Å². The minimum atomic E-state index is -3.73. The molecule has 2 aromatic rings. The van der Waals surface area contributed by atoms with Crippen molar-refractivity contribution < 1.29 is 22.7 Å². The van der Waals surface area contributed by atoms with Gasteiger partial charge in [0.2, 0.25) is 10.0 Å². The lowest BCUT2D eigenvalue weighted by Gasteiger charge is -2.20. The zero-order chi connectivity index (χ0) is 21.8. The number of ether oxygens (including phenoxy) is 2. The van der Waals surface area contributed by atoms with E-state index in [1.165, 1.54) is 31.4 Å². The summed E-state index contributed by atoms with van der Waals surface area (Å²) in [5.41, 5.74) is -0.0552. The summed E-state index contributed by atoms with van der Waals surface area (Å²) in [4.78, 5) is 12.7. The highest BCUT2D eigenvalue weighted by molar-refractivity contribution is 7.89. The Hall–Kier alpha value is -2.29. The second-order valence-corrected chi connectivity index (χ2v) is 9.35. The van der Waals surface area contributed by atoms with Crippen molar-refractivity contribution in [3.05, 3.63) is 47.0 Å². The van der Waals surface area contributed by atoms with Crippen molar-refractivity contribution in [2.45, 2.75) is 38.1 Å². The molecule has 0 aliphatic rings. The first kappa shape index (κ1) is 23.0. The highest BCUT2D eigenvalue weighted by Crippen LogP contribution is 2.36. The molecule has 158 valence electrons. The molecular weight excluding hydrogens is 416 g/mol. The zero-order valence-corrected chi connectivity index (χ0v) is 18.6. The van der Waals surface area contributed by atoms with Crippen LogP contribution in [-0.4, -0.2) is 33.6 Å². The van der Waals surface area contributed by atoms with E-state index in [2.05, 4.69) is 10.0 Å². The maximum absolute atomic E-state index is 12.7. The zero-order valence-electron chi connectivity index (χ0n) is 17.0. The number of hydrogen-bond donors (Lipinski definition) is 2. The summed E-state index contributed by atoms with van der Waals surface area (Å²) in [5, 5.41) is 2.92. The van der Waals surface area contributed by atoms with E-state index in [9.17, 15) is 13.2 Å². The van der Waals surface area contributed by atoms with Crippen LogP contribution in [0.2, 0.25) is 5.02 Å². The van der Waals surface area contributed by atoms with Gasteiger partial charge in [0.15, 0.2) is 11.5 Å². The molecular formula is C20H25ClN2O5S. The van der Waals surface area contributed by atoms with Crippen molar-refractivity contribution in [1.82, 2.24) is 4.72 Å². The lowest BCUT2D eigenvalue weighted by Crippen LogP contribution is -2.40. The number of methoxy groups -OCH3 is 1. The van der Waals surface area contributed by atoms with E-state index in [0.29, 0.717) is 23.8 Å². The van der Waals surface area contributed by atoms with Gasteiger partial charge in [-0.25, -0.2) is 13.1 Å². The fraction of sp³-hybridized carbons (Fsp3) is 0.350. The number of anilines is 1. The van der Waals surface area contributed by atoms with E-state index in [0.717, 1.165) is 0 Å². The lowest BCUT2D eigenvalue weighted by molar-refractivity contribution is 0.102. The van der Waals surface area contributed by atoms with Crippen LogP contribution in [0.15, 0.2) is 41.3 Å². The molecule has 0 aliphatic heterocycles. The molecule has 0 saturated carbocycles. The molecule has 0 unspecified atom stereocenters. The fourth-order valence-corrected chi connectivity index (χ4v) is 4.27. The molecule has 0 spiro atoms. The van der Waals surface area contributed by atoms with Crippen LogP contribution in [0.5, 0.6) is 11.5 Å². The van der Waals surface area contributed by atoms with Crippen LogP contribution in [0.3, 0.4) is 0 Å². The molecule has 0 saturated heterocycles. The first-order valence-electron chi connectivity index (χ1n) is 8.92. The SMILES string of the molecule is CCOc1c(Cl)cc(C(=O)Nc2cccc(S(=O)(=O)NC(C)(C)C)c2)cc1OC. The van der Waals surface area contributed by atoms with Crippen molar-refractivity contribution in [2.75, 3.05) is 19.0 Å². The molecule has 0 atom stereocenters. The Balaban J connectivity index is 2.29. The molecule has 2 N–H and O–H groups in total. The Bertz CT molecular complexity index is 1000. The van der Waals surface area contributed by atoms with Gasteiger partial charge in [0.25, 0.3) is 5.91 Å². The maximum atomic E-state index is 12.7. The molecule has 0 fully saturated rings. The molecule has 0 aliphatic carbocycles. The van der Waals surface area contributed by atoms with Crippen molar-refractivity contribution in [2.24, 2.45) is 0 Å². The van der Waals surface area contributed by atoms with E-state index < -0.39 is 21.5 Å². The Labute approximate surface area is 176 Å². The smallest absolute Gasteiger partial charge is 0.255 e. The summed E-state index contributed by atoms with van der Waals surface area (Å²) < 4.78 is 38.3. The van der Waals surface area contributed by atoms with E-state index >= 15 is 0 Å². The first-order valence-corrected chi connectivity index (χ1v) is 10.8.